The first-order valence-corrected chi connectivity index (χ1v) is 24.5. The Morgan fingerprint density at radius 1 is 0.600 bits per heavy atom. The molecule has 0 aromatic heterocycles. The lowest BCUT2D eigenvalue weighted by atomic mass is 9.63. The maximum Gasteiger partial charge on any atom is 0.290 e. The summed E-state index contributed by atoms with van der Waals surface area (Å²) in [6.45, 7) is 3.24. The SMILES string of the molecule is COc1ccc(CC[C@@]2(O)CCCC[C@@H]2CN(C)C)cc1.COc1ccc2c(c1)C1CCCC(CN(C)C)C1CC2.COc1ccc2c(c1)C1CCCC(CN(C)C)C1CC2.Cl.O=CO. The van der Waals surface area contributed by atoms with Crippen LogP contribution in [-0.4, -0.2) is 120 Å². The molecule has 0 heterocycles. The van der Waals surface area contributed by atoms with E-state index in [9.17, 15) is 5.11 Å². The number of methoxy groups -OCH3 is 3. The predicted molar refractivity (Wildman–Crippen MR) is 270 cm³/mol. The minimum atomic E-state index is -0.498. The van der Waals surface area contributed by atoms with Crippen LogP contribution in [0.1, 0.15) is 123 Å². The maximum absolute atomic E-state index is 11.1. The Morgan fingerprint density at radius 2 is 1.05 bits per heavy atom. The first-order valence-electron chi connectivity index (χ1n) is 24.5. The molecule has 3 fully saturated rings. The fourth-order valence-electron chi connectivity index (χ4n) is 12.4. The van der Waals surface area contributed by atoms with Crippen molar-refractivity contribution in [2.75, 3.05) is 83.2 Å². The van der Waals surface area contributed by atoms with Crippen LogP contribution >= 0.6 is 12.4 Å². The normalized spacial score (nSPS) is 26.4. The van der Waals surface area contributed by atoms with Gasteiger partial charge in [0.25, 0.3) is 6.47 Å². The third kappa shape index (κ3) is 15.3. The summed E-state index contributed by atoms with van der Waals surface area (Å²) >= 11 is 0. The van der Waals surface area contributed by atoms with Gasteiger partial charge >= 0.3 is 0 Å². The van der Waals surface area contributed by atoms with Gasteiger partial charge in [0.05, 0.1) is 26.9 Å². The molecule has 8 rings (SSSR count). The number of fused-ring (bicyclic) bond motifs is 6. The third-order valence-corrected chi connectivity index (χ3v) is 15.4. The largest absolute Gasteiger partial charge is 0.497 e. The van der Waals surface area contributed by atoms with Crippen molar-refractivity contribution in [3.05, 3.63) is 88.5 Å². The number of hydrogen-bond donors (Lipinski definition) is 2. The molecule has 5 aliphatic rings. The molecule has 0 radical (unpaired) electrons. The van der Waals surface area contributed by atoms with Crippen LogP contribution in [0.15, 0.2) is 60.7 Å². The monoisotopic (exact) mass is 920 g/mol. The Labute approximate surface area is 400 Å². The summed E-state index contributed by atoms with van der Waals surface area (Å²) in [5.74, 6) is 8.40. The summed E-state index contributed by atoms with van der Waals surface area (Å²) in [4.78, 5) is 15.3. The summed E-state index contributed by atoms with van der Waals surface area (Å²) in [5.41, 5.74) is 7.09. The summed E-state index contributed by atoms with van der Waals surface area (Å²) in [5, 5.41) is 18.0. The summed E-state index contributed by atoms with van der Waals surface area (Å²) < 4.78 is 16.1. The molecular weight excluding hydrogens is 834 g/mol. The van der Waals surface area contributed by atoms with Gasteiger partial charge in [0.15, 0.2) is 0 Å². The Hall–Kier alpha value is -3.34. The molecule has 0 aliphatic heterocycles. The average molecular weight is 921 g/mol. The van der Waals surface area contributed by atoms with Gasteiger partial charge in [-0.1, -0.05) is 49.9 Å². The molecule has 65 heavy (non-hydrogen) atoms. The van der Waals surface area contributed by atoms with Crippen molar-refractivity contribution in [1.82, 2.24) is 14.7 Å². The number of ether oxygens (including phenoxy) is 3. The fourth-order valence-corrected chi connectivity index (χ4v) is 12.4. The zero-order chi connectivity index (χ0) is 46.2. The molecule has 0 amide bonds. The Balaban J connectivity index is 0.000000205. The number of rotatable bonds is 12. The highest BCUT2D eigenvalue weighted by Crippen LogP contribution is 2.50. The Kier molecular flexibility index (Phi) is 22.4. The van der Waals surface area contributed by atoms with Gasteiger partial charge in [-0.15, -0.1) is 12.4 Å². The number of carbonyl (C=O) groups is 1. The molecule has 9 nitrogen and oxygen atoms in total. The number of hydrogen-bond acceptors (Lipinski definition) is 8. The lowest BCUT2D eigenvalue weighted by Crippen LogP contribution is -2.45. The van der Waals surface area contributed by atoms with Gasteiger partial charge < -0.3 is 39.1 Å². The van der Waals surface area contributed by atoms with Crippen LogP contribution in [0.5, 0.6) is 17.2 Å². The molecule has 0 saturated heterocycles. The standard InChI is InChI=1S/C18H29NO2.2C18H27NO.CH2O2.ClH/c1-19(2)14-16-6-4-5-12-18(16,20)13-11-15-7-9-17(21-3)10-8-15;2*1-19(2)12-14-5-4-6-17-16(14)10-8-13-7-9-15(20-3)11-18(13)17;2-1-3;/h7-10,16,20H,4-6,11-14H2,1-3H3;2*7,9,11,14,16-17H,4-6,8,10,12H2,1-3H3;1H,(H,2,3);1H/t16-,18+;;;;/m1..../s1. The van der Waals surface area contributed by atoms with Gasteiger partial charge in [0, 0.05) is 25.6 Å². The van der Waals surface area contributed by atoms with E-state index in [2.05, 4.69) is 106 Å². The molecule has 10 heteroatoms. The van der Waals surface area contributed by atoms with Gasteiger partial charge in [0.2, 0.25) is 0 Å². The smallest absolute Gasteiger partial charge is 0.290 e. The Morgan fingerprint density at radius 3 is 1.48 bits per heavy atom. The molecule has 0 spiro atoms. The van der Waals surface area contributed by atoms with Crippen molar-refractivity contribution in [3.8, 4) is 17.2 Å². The highest BCUT2D eigenvalue weighted by atomic mass is 35.5. The second kappa shape index (κ2) is 26.9. The second-order valence-corrected chi connectivity index (χ2v) is 20.4. The van der Waals surface area contributed by atoms with E-state index in [0.717, 1.165) is 91.4 Å². The van der Waals surface area contributed by atoms with E-state index < -0.39 is 5.60 Å². The van der Waals surface area contributed by atoms with Crippen molar-refractivity contribution in [2.24, 2.45) is 29.6 Å². The summed E-state index contributed by atoms with van der Waals surface area (Å²) in [6, 6.07) is 21.7. The first-order chi connectivity index (χ1) is 30.8. The summed E-state index contributed by atoms with van der Waals surface area (Å²) in [6.07, 6.45) is 19.9. The van der Waals surface area contributed by atoms with Crippen molar-refractivity contribution in [3.63, 3.8) is 0 Å². The lowest BCUT2D eigenvalue weighted by molar-refractivity contribution is -0.122. The van der Waals surface area contributed by atoms with Crippen LogP contribution in [0.4, 0.5) is 0 Å². The highest BCUT2D eigenvalue weighted by Gasteiger charge is 2.40. The lowest BCUT2D eigenvalue weighted by Gasteiger charge is -2.43. The van der Waals surface area contributed by atoms with Gasteiger partial charge in [-0.3, -0.25) is 4.79 Å². The quantitative estimate of drug-likeness (QED) is 0.172. The van der Waals surface area contributed by atoms with E-state index in [-0.39, 0.29) is 18.9 Å². The van der Waals surface area contributed by atoms with Crippen LogP contribution in [0, 0.1) is 29.6 Å². The molecule has 5 aliphatic carbocycles. The average Bonchev–Trinajstić information content (AvgIpc) is 3.29. The van der Waals surface area contributed by atoms with Crippen LogP contribution in [0.25, 0.3) is 0 Å². The molecular formula is C55H86ClN3O6. The van der Waals surface area contributed by atoms with E-state index in [0.29, 0.717) is 5.92 Å². The second-order valence-electron chi connectivity index (χ2n) is 20.4. The molecule has 8 atom stereocenters. The maximum atomic E-state index is 11.1. The minimum Gasteiger partial charge on any atom is -0.497 e. The van der Waals surface area contributed by atoms with E-state index in [1.165, 1.54) is 89.3 Å². The van der Waals surface area contributed by atoms with Crippen LogP contribution in [0.2, 0.25) is 0 Å². The number of aliphatic hydroxyl groups is 1. The highest BCUT2D eigenvalue weighted by molar-refractivity contribution is 5.85. The van der Waals surface area contributed by atoms with E-state index in [1.807, 2.05) is 12.1 Å². The van der Waals surface area contributed by atoms with Gasteiger partial charge in [-0.05, 0) is 219 Å². The van der Waals surface area contributed by atoms with Gasteiger partial charge in [-0.2, -0.15) is 0 Å². The first kappa shape index (κ1) is 54.3. The number of benzene rings is 3. The van der Waals surface area contributed by atoms with E-state index in [1.54, 1.807) is 43.6 Å². The third-order valence-electron chi connectivity index (χ3n) is 15.4. The van der Waals surface area contributed by atoms with Gasteiger partial charge in [-0.25, -0.2) is 0 Å². The molecule has 2 N–H and O–H groups in total. The molecule has 364 valence electrons. The molecule has 3 aromatic carbocycles. The fraction of sp³-hybridized carbons (Fsp3) is 0.655. The van der Waals surface area contributed by atoms with Crippen molar-refractivity contribution in [1.29, 1.82) is 0 Å². The summed E-state index contributed by atoms with van der Waals surface area (Å²) in [7, 11) is 18.3. The topological polar surface area (TPSA) is 94.9 Å². The van der Waals surface area contributed by atoms with Crippen molar-refractivity contribution >= 4 is 18.9 Å². The van der Waals surface area contributed by atoms with Crippen molar-refractivity contribution < 1.29 is 29.2 Å². The van der Waals surface area contributed by atoms with E-state index in [4.69, 9.17) is 24.1 Å². The Bertz CT molecular complexity index is 1750. The van der Waals surface area contributed by atoms with E-state index >= 15 is 0 Å². The van der Waals surface area contributed by atoms with Crippen LogP contribution < -0.4 is 14.2 Å². The number of carboxylic acid groups (broad SMARTS) is 1. The van der Waals surface area contributed by atoms with Crippen LogP contribution in [0.3, 0.4) is 0 Å². The predicted octanol–water partition coefficient (Wildman–Crippen LogP) is 10.6. The number of halogens is 1. The number of aryl methyl sites for hydroxylation is 3. The van der Waals surface area contributed by atoms with Crippen LogP contribution in [-0.2, 0) is 24.1 Å². The zero-order valence-electron chi connectivity index (χ0n) is 41.6. The van der Waals surface area contributed by atoms with Crippen molar-refractivity contribution in [2.45, 2.75) is 120 Å². The molecule has 3 aromatic rings. The number of nitrogens with zero attached hydrogens (tertiary/aromatic N) is 3. The molecule has 6 unspecified atom stereocenters. The molecule has 3 saturated carbocycles. The molecule has 0 bridgehead atoms. The minimum absolute atomic E-state index is 0. The zero-order valence-corrected chi connectivity index (χ0v) is 42.4. The van der Waals surface area contributed by atoms with Gasteiger partial charge in [0.1, 0.15) is 17.2 Å².